The molecule has 0 radical (unpaired) electrons. The van der Waals surface area contributed by atoms with Crippen LogP contribution in [0.25, 0.3) is 0 Å². The minimum Gasteiger partial charge on any atom is -0.373 e. The van der Waals surface area contributed by atoms with Crippen LogP contribution < -0.4 is 4.90 Å². The number of fused-ring (bicyclic) bond motifs is 1. The van der Waals surface area contributed by atoms with Crippen LogP contribution in [0.1, 0.15) is 31.7 Å². The smallest absolute Gasteiger partial charge is 0.0409 e. The Hall–Kier alpha value is -1.02. The van der Waals surface area contributed by atoms with Gasteiger partial charge in [-0.05, 0) is 24.6 Å². The van der Waals surface area contributed by atoms with E-state index in [9.17, 15) is 0 Å². The lowest BCUT2D eigenvalue weighted by atomic mass is 10.1. The SMILES string of the molecule is CCCCCN1CCN(C)c2ccccc2C1. The molecular weight excluding hydrogens is 208 g/mol. The third-order valence-electron chi connectivity index (χ3n) is 3.63. The molecule has 2 nitrogen and oxygen atoms in total. The lowest BCUT2D eigenvalue weighted by Crippen LogP contribution is -2.29. The largest absolute Gasteiger partial charge is 0.373 e. The van der Waals surface area contributed by atoms with Gasteiger partial charge in [0.1, 0.15) is 0 Å². The fourth-order valence-corrected chi connectivity index (χ4v) is 2.53. The zero-order valence-corrected chi connectivity index (χ0v) is 11.2. The molecule has 1 aromatic rings. The predicted molar refractivity (Wildman–Crippen MR) is 74.5 cm³/mol. The summed E-state index contributed by atoms with van der Waals surface area (Å²) in [5.41, 5.74) is 2.88. The number of benzene rings is 1. The van der Waals surface area contributed by atoms with Crippen molar-refractivity contribution in [3.05, 3.63) is 29.8 Å². The maximum Gasteiger partial charge on any atom is 0.0409 e. The highest BCUT2D eigenvalue weighted by atomic mass is 15.2. The van der Waals surface area contributed by atoms with E-state index in [0.717, 1.165) is 13.1 Å². The van der Waals surface area contributed by atoms with E-state index in [1.165, 1.54) is 43.6 Å². The van der Waals surface area contributed by atoms with Gasteiger partial charge in [0.05, 0.1) is 0 Å². The van der Waals surface area contributed by atoms with E-state index in [-0.39, 0.29) is 0 Å². The van der Waals surface area contributed by atoms with Crippen molar-refractivity contribution in [1.82, 2.24) is 4.90 Å². The summed E-state index contributed by atoms with van der Waals surface area (Å²) in [5, 5.41) is 0. The quantitative estimate of drug-likeness (QED) is 0.736. The molecule has 0 saturated heterocycles. The number of unbranched alkanes of at least 4 members (excludes halogenated alkanes) is 2. The molecule has 2 rings (SSSR count). The van der Waals surface area contributed by atoms with E-state index in [0.29, 0.717) is 0 Å². The van der Waals surface area contributed by atoms with Gasteiger partial charge in [-0.15, -0.1) is 0 Å². The summed E-state index contributed by atoms with van der Waals surface area (Å²) < 4.78 is 0. The fourth-order valence-electron chi connectivity index (χ4n) is 2.53. The molecule has 0 unspecified atom stereocenters. The molecule has 94 valence electrons. The minimum atomic E-state index is 1.12. The predicted octanol–water partition coefficient (Wildman–Crippen LogP) is 3.13. The first kappa shape index (κ1) is 12.4. The first-order valence-corrected chi connectivity index (χ1v) is 6.82. The first-order chi connectivity index (χ1) is 8.31. The van der Waals surface area contributed by atoms with Crippen molar-refractivity contribution in [2.75, 3.05) is 31.6 Å². The second kappa shape index (κ2) is 6.06. The lowest BCUT2D eigenvalue weighted by molar-refractivity contribution is 0.271. The maximum absolute atomic E-state index is 2.60. The highest BCUT2D eigenvalue weighted by Crippen LogP contribution is 2.23. The number of hydrogen-bond donors (Lipinski definition) is 0. The molecule has 1 aromatic carbocycles. The highest BCUT2D eigenvalue weighted by Gasteiger charge is 2.16. The molecule has 0 spiro atoms. The van der Waals surface area contributed by atoms with Gasteiger partial charge in [0, 0.05) is 32.4 Å². The van der Waals surface area contributed by atoms with Gasteiger partial charge in [-0.25, -0.2) is 0 Å². The van der Waals surface area contributed by atoms with Gasteiger partial charge < -0.3 is 4.90 Å². The van der Waals surface area contributed by atoms with Crippen molar-refractivity contribution < 1.29 is 0 Å². The average Bonchev–Trinajstić information content (AvgIpc) is 2.50. The summed E-state index contributed by atoms with van der Waals surface area (Å²) in [6.45, 7) is 6.96. The Balaban J connectivity index is 2.02. The molecule has 17 heavy (non-hydrogen) atoms. The minimum absolute atomic E-state index is 1.12. The van der Waals surface area contributed by atoms with Crippen molar-refractivity contribution in [1.29, 1.82) is 0 Å². The van der Waals surface area contributed by atoms with Crippen LogP contribution in [0, 0.1) is 0 Å². The Morgan fingerprint density at radius 1 is 1.12 bits per heavy atom. The number of nitrogens with zero attached hydrogens (tertiary/aromatic N) is 2. The van der Waals surface area contributed by atoms with Gasteiger partial charge in [0.15, 0.2) is 0 Å². The van der Waals surface area contributed by atoms with Gasteiger partial charge in [-0.1, -0.05) is 38.0 Å². The average molecular weight is 232 g/mol. The summed E-state index contributed by atoms with van der Waals surface area (Å²) in [4.78, 5) is 4.98. The van der Waals surface area contributed by atoms with E-state index in [2.05, 4.69) is 48.0 Å². The van der Waals surface area contributed by atoms with Gasteiger partial charge in [-0.2, -0.15) is 0 Å². The topological polar surface area (TPSA) is 6.48 Å². The third-order valence-corrected chi connectivity index (χ3v) is 3.63. The summed E-state index contributed by atoms with van der Waals surface area (Å²) in [7, 11) is 2.20. The molecule has 0 bridgehead atoms. The molecule has 0 saturated carbocycles. The molecular formula is C15H24N2. The van der Waals surface area contributed by atoms with E-state index in [1.54, 1.807) is 0 Å². The molecule has 0 atom stereocenters. The lowest BCUT2D eigenvalue weighted by Gasteiger charge is -2.20. The first-order valence-electron chi connectivity index (χ1n) is 6.82. The van der Waals surface area contributed by atoms with Crippen LogP contribution in [-0.2, 0) is 6.54 Å². The van der Waals surface area contributed by atoms with Crippen molar-refractivity contribution in [2.24, 2.45) is 0 Å². The molecule has 0 N–H and O–H groups in total. The van der Waals surface area contributed by atoms with E-state index >= 15 is 0 Å². The van der Waals surface area contributed by atoms with Crippen molar-refractivity contribution in [2.45, 2.75) is 32.7 Å². The Kier molecular flexibility index (Phi) is 4.43. The monoisotopic (exact) mass is 232 g/mol. The Morgan fingerprint density at radius 3 is 2.76 bits per heavy atom. The van der Waals surface area contributed by atoms with Crippen LogP contribution in [0.15, 0.2) is 24.3 Å². The Labute approximate surface area is 105 Å². The van der Waals surface area contributed by atoms with E-state index in [1.807, 2.05) is 0 Å². The fraction of sp³-hybridized carbons (Fsp3) is 0.600. The molecule has 0 aromatic heterocycles. The van der Waals surface area contributed by atoms with Gasteiger partial charge in [0.25, 0.3) is 0 Å². The van der Waals surface area contributed by atoms with Gasteiger partial charge in [0.2, 0.25) is 0 Å². The van der Waals surface area contributed by atoms with Crippen molar-refractivity contribution in [3.63, 3.8) is 0 Å². The summed E-state index contributed by atoms with van der Waals surface area (Å²) >= 11 is 0. The molecule has 0 amide bonds. The van der Waals surface area contributed by atoms with E-state index in [4.69, 9.17) is 0 Å². The second-order valence-corrected chi connectivity index (χ2v) is 5.03. The molecule has 0 fully saturated rings. The molecule has 2 heteroatoms. The number of hydrogen-bond acceptors (Lipinski definition) is 2. The zero-order valence-electron chi connectivity index (χ0n) is 11.2. The van der Waals surface area contributed by atoms with Gasteiger partial charge >= 0.3 is 0 Å². The normalized spacial score (nSPS) is 16.7. The van der Waals surface area contributed by atoms with Crippen molar-refractivity contribution >= 4 is 5.69 Å². The summed E-state index contributed by atoms with van der Waals surface area (Å²) in [6.07, 6.45) is 4.00. The number of likely N-dealkylation sites (N-methyl/N-ethyl adjacent to an activating group) is 1. The summed E-state index contributed by atoms with van der Waals surface area (Å²) in [6, 6.07) is 8.80. The Morgan fingerprint density at radius 2 is 1.94 bits per heavy atom. The second-order valence-electron chi connectivity index (χ2n) is 5.03. The van der Waals surface area contributed by atoms with Crippen LogP contribution in [0.2, 0.25) is 0 Å². The zero-order chi connectivity index (χ0) is 12.1. The Bertz CT molecular complexity index is 349. The number of rotatable bonds is 4. The van der Waals surface area contributed by atoms with E-state index < -0.39 is 0 Å². The summed E-state index contributed by atoms with van der Waals surface area (Å²) in [5.74, 6) is 0. The van der Waals surface area contributed by atoms with Crippen molar-refractivity contribution in [3.8, 4) is 0 Å². The molecule has 0 aliphatic carbocycles. The van der Waals surface area contributed by atoms with Crippen LogP contribution in [0.4, 0.5) is 5.69 Å². The number of anilines is 1. The molecule has 1 heterocycles. The molecule has 1 aliphatic rings. The van der Waals surface area contributed by atoms with Gasteiger partial charge in [-0.3, -0.25) is 4.90 Å². The van der Waals surface area contributed by atoms with Crippen LogP contribution in [0.3, 0.4) is 0 Å². The standard InChI is InChI=1S/C15H24N2/c1-3-4-7-10-17-12-11-16(2)15-9-6-5-8-14(15)13-17/h5-6,8-9H,3-4,7,10-13H2,1-2H3. The van der Waals surface area contributed by atoms with Crippen LogP contribution in [-0.4, -0.2) is 31.6 Å². The van der Waals surface area contributed by atoms with Crippen LogP contribution >= 0.6 is 0 Å². The number of para-hydroxylation sites is 1. The molecule has 1 aliphatic heterocycles. The maximum atomic E-state index is 2.60. The van der Waals surface area contributed by atoms with Crippen LogP contribution in [0.5, 0.6) is 0 Å². The third kappa shape index (κ3) is 3.22. The highest BCUT2D eigenvalue weighted by molar-refractivity contribution is 5.53.